The zero-order valence-corrected chi connectivity index (χ0v) is 15.6. The van der Waals surface area contributed by atoms with Gasteiger partial charge in [-0.2, -0.15) is 12.6 Å². The third kappa shape index (κ3) is 9.84. The lowest BCUT2D eigenvalue weighted by Gasteiger charge is -2.29. The Balaban J connectivity index is 2.08. The first kappa shape index (κ1) is 19.4. The van der Waals surface area contributed by atoms with Gasteiger partial charge in [-0.1, -0.05) is 58.8 Å². The third-order valence-corrected chi connectivity index (χ3v) is 5.25. The van der Waals surface area contributed by atoms with Crippen molar-refractivity contribution < 1.29 is 0 Å². The van der Waals surface area contributed by atoms with Crippen LogP contribution in [0.5, 0.6) is 0 Å². The highest BCUT2D eigenvalue weighted by molar-refractivity contribution is 7.80. The highest BCUT2D eigenvalue weighted by Gasteiger charge is 2.21. The average Bonchev–Trinajstić information content (AvgIpc) is 2.98. The van der Waals surface area contributed by atoms with E-state index in [1.807, 2.05) is 0 Å². The Morgan fingerprint density at radius 2 is 1.43 bits per heavy atom. The molecule has 0 aromatic rings. The highest BCUT2D eigenvalue weighted by atomic mass is 32.1. The van der Waals surface area contributed by atoms with Crippen molar-refractivity contribution in [2.75, 3.05) is 18.8 Å². The van der Waals surface area contributed by atoms with Gasteiger partial charge in [0, 0.05) is 6.04 Å². The first-order valence-electron chi connectivity index (χ1n) is 9.59. The normalized spacial score (nSPS) is 16.4. The van der Waals surface area contributed by atoms with E-state index in [2.05, 4.69) is 31.4 Å². The third-order valence-electron chi connectivity index (χ3n) is 4.94. The van der Waals surface area contributed by atoms with E-state index in [1.165, 1.54) is 90.1 Å². The average molecular weight is 314 g/mol. The van der Waals surface area contributed by atoms with Crippen molar-refractivity contribution in [1.29, 1.82) is 0 Å². The summed E-state index contributed by atoms with van der Waals surface area (Å²) < 4.78 is 0. The van der Waals surface area contributed by atoms with Crippen molar-refractivity contribution in [2.24, 2.45) is 5.92 Å². The van der Waals surface area contributed by atoms with Gasteiger partial charge in [-0.3, -0.25) is 0 Å². The van der Waals surface area contributed by atoms with Crippen molar-refractivity contribution in [3.05, 3.63) is 0 Å². The van der Waals surface area contributed by atoms with Crippen LogP contribution in [0.25, 0.3) is 0 Å². The van der Waals surface area contributed by atoms with Gasteiger partial charge < -0.3 is 4.90 Å². The minimum atomic E-state index is 0.848. The second kappa shape index (κ2) is 12.8. The number of hydrogen-bond donors (Lipinski definition) is 1. The van der Waals surface area contributed by atoms with E-state index in [4.69, 9.17) is 0 Å². The summed E-state index contributed by atoms with van der Waals surface area (Å²) in [6.07, 6.45) is 17.1. The molecule has 0 N–H and O–H groups in total. The fourth-order valence-corrected chi connectivity index (χ4v) is 3.70. The molecule has 1 aliphatic carbocycles. The SMILES string of the molecule is CC(C)CCN(CCCCCCCCCS)C1CCCC1. The zero-order valence-electron chi connectivity index (χ0n) is 14.7. The van der Waals surface area contributed by atoms with E-state index in [1.54, 1.807) is 0 Å². The molecule has 0 unspecified atom stereocenters. The van der Waals surface area contributed by atoms with Crippen LogP contribution in [-0.2, 0) is 0 Å². The molecule has 0 saturated heterocycles. The molecule has 21 heavy (non-hydrogen) atoms. The summed E-state index contributed by atoms with van der Waals surface area (Å²) in [5.74, 6) is 1.91. The van der Waals surface area contributed by atoms with E-state index in [9.17, 15) is 0 Å². The van der Waals surface area contributed by atoms with Crippen molar-refractivity contribution in [3.8, 4) is 0 Å². The molecular formula is C19H39NS. The van der Waals surface area contributed by atoms with E-state index in [-0.39, 0.29) is 0 Å². The molecular weight excluding hydrogens is 274 g/mol. The largest absolute Gasteiger partial charge is 0.300 e. The molecule has 1 nitrogen and oxygen atoms in total. The quantitative estimate of drug-likeness (QED) is 0.325. The van der Waals surface area contributed by atoms with Crippen LogP contribution in [-0.4, -0.2) is 29.8 Å². The topological polar surface area (TPSA) is 3.24 Å². The van der Waals surface area contributed by atoms with Crippen LogP contribution >= 0.6 is 12.6 Å². The number of thiol groups is 1. The van der Waals surface area contributed by atoms with Crippen LogP contribution in [0, 0.1) is 5.92 Å². The molecule has 0 spiro atoms. The summed E-state index contributed by atoms with van der Waals surface area (Å²) in [5.41, 5.74) is 0. The molecule has 126 valence electrons. The minimum absolute atomic E-state index is 0.848. The highest BCUT2D eigenvalue weighted by Crippen LogP contribution is 2.24. The zero-order chi connectivity index (χ0) is 15.3. The lowest BCUT2D eigenvalue weighted by atomic mass is 10.1. The molecule has 0 amide bonds. The number of nitrogens with zero attached hydrogens (tertiary/aromatic N) is 1. The number of rotatable bonds is 13. The van der Waals surface area contributed by atoms with Crippen LogP contribution in [0.4, 0.5) is 0 Å². The van der Waals surface area contributed by atoms with Gasteiger partial charge in [0.2, 0.25) is 0 Å². The smallest absolute Gasteiger partial charge is 0.00952 e. The van der Waals surface area contributed by atoms with Gasteiger partial charge in [0.25, 0.3) is 0 Å². The van der Waals surface area contributed by atoms with Gasteiger partial charge >= 0.3 is 0 Å². The molecule has 1 aliphatic rings. The maximum atomic E-state index is 4.27. The number of hydrogen-bond acceptors (Lipinski definition) is 2. The minimum Gasteiger partial charge on any atom is -0.300 e. The fraction of sp³-hybridized carbons (Fsp3) is 1.00. The molecule has 1 rings (SSSR count). The van der Waals surface area contributed by atoms with Crippen molar-refractivity contribution in [2.45, 2.75) is 96.9 Å². The van der Waals surface area contributed by atoms with Crippen LogP contribution < -0.4 is 0 Å². The van der Waals surface area contributed by atoms with Gasteiger partial charge in [-0.15, -0.1) is 0 Å². The summed E-state index contributed by atoms with van der Waals surface area (Å²) in [5, 5.41) is 0. The molecule has 1 saturated carbocycles. The predicted octanol–water partition coefficient (Wildman–Crippen LogP) is 5.94. The summed E-state index contributed by atoms with van der Waals surface area (Å²) in [6.45, 7) is 7.41. The maximum absolute atomic E-state index is 4.27. The maximum Gasteiger partial charge on any atom is 0.00952 e. The van der Waals surface area contributed by atoms with Crippen molar-refractivity contribution >= 4 is 12.6 Å². The Morgan fingerprint density at radius 3 is 2.00 bits per heavy atom. The van der Waals surface area contributed by atoms with Gasteiger partial charge in [0.15, 0.2) is 0 Å². The van der Waals surface area contributed by atoms with Crippen LogP contribution in [0.3, 0.4) is 0 Å². The second-order valence-electron chi connectivity index (χ2n) is 7.36. The molecule has 1 fully saturated rings. The molecule has 2 heteroatoms. The fourth-order valence-electron chi connectivity index (χ4n) is 3.48. The van der Waals surface area contributed by atoms with Gasteiger partial charge in [-0.05, 0) is 56.9 Å². The molecule has 0 aliphatic heterocycles. The van der Waals surface area contributed by atoms with Crippen LogP contribution in [0.1, 0.15) is 90.9 Å². The predicted molar refractivity (Wildman–Crippen MR) is 99.5 cm³/mol. The van der Waals surface area contributed by atoms with Gasteiger partial charge in [0.05, 0.1) is 0 Å². The summed E-state index contributed by atoms with van der Waals surface area (Å²) >= 11 is 4.27. The second-order valence-corrected chi connectivity index (χ2v) is 7.80. The van der Waals surface area contributed by atoms with Gasteiger partial charge in [-0.25, -0.2) is 0 Å². The summed E-state index contributed by atoms with van der Waals surface area (Å²) in [4.78, 5) is 2.83. The molecule has 0 aromatic heterocycles. The Labute approximate surface area is 139 Å². The molecule has 0 heterocycles. The lowest BCUT2D eigenvalue weighted by molar-refractivity contribution is 0.184. The summed E-state index contributed by atoms with van der Waals surface area (Å²) in [6, 6.07) is 0.916. The van der Waals surface area contributed by atoms with E-state index < -0.39 is 0 Å². The van der Waals surface area contributed by atoms with E-state index in [0.717, 1.165) is 17.7 Å². The Bertz CT molecular complexity index is 224. The van der Waals surface area contributed by atoms with Crippen LogP contribution in [0.15, 0.2) is 0 Å². The first-order valence-corrected chi connectivity index (χ1v) is 10.2. The Hall–Kier alpha value is 0.310. The van der Waals surface area contributed by atoms with Crippen molar-refractivity contribution in [1.82, 2.24) is 4.90 Å². The lowest BCUT2D eigenvalue weighted by Crippen LogP contribution is -2.35. The van der Waals surface area contributed by atoms with Crippen molar-refractivity contribution in [3.63, 3.8) is 0 Å². The standard InChI is InChI=1S/C19H39NS/c1-18(2)14-16-20(19-12-8-9-13-19)15-10-6-4-3-5-7-11-17-21/h18-19,21H,3-17H2,1-2H3. The Kier molecular flexibility index (Phi) is 11.8. The van der Waals surface area contributed by atoms with Crippen LogP contribution in [0.2, 0.25) is 0 Å². The Morgan fingerprint density at radius 1 is 0.857 bits per heavy atom. The molecule has 0 bridgehead atoms. The van der Waals surface area contributed by atoms with E-state index >= 15 is 0 Å². The molecule has 0 aromatic carbocycles. The summed E-state index contributed by atoms with van der Waals surface area (Å²) in [7, 11) is 0. The monoisotopic (exact) mass is 313 g/mol. The molecule has 0 atom stereocenters. The number of unbranched alkanes of at least 4 members (excludes halogenated alkanes) is 6. The van der Waals surface area contributed by atoms with Gasteiger partial charge in [0.1, 0.15) is 0 Å². The first-order chi connectivity index (χ1) is 10.2. The molecule has 0 radical (unpaired) electrons. The van der Waals surface area contributed by atoms with E-state index in [0.29, 0.717) is 0 Å².